The summed E-state index contributed by atoms with van der Waals surface area (Å²) in [7, 11) is 0. The lowest BCUT2D eigenvalue weighted by Gasteiger charge is -2.28. The van der Waals surface area contributed by atoms with Gasteiger partial charge in [-0.1, -0.05) is 13.8 Å². The predicted molar refractivity (Wildman–Crippen MR) is 62.4 cm³/mol. The topological polar surface area (TPSA) is 50.9 Å². The van der Waals surface area contributed by atoms with E-state index in [2.05, 4.69) is 19.2 Å². The third-order valence-electron chi connectivity index (χ3n) is 2.60. The molecule has 1 N–H and O–H groups in total. The van der Waals surface area contributed by atoms with Crippen molar-refractivity contribution in [1.29, 1.82) is 0 Å². The van der Waals surface area contributed by atoms with Crippen LogP contribution in [0.4, 0.5) is 4.79 Å². The normalized spacial score (nSPS) is 26.4. The van der Waals surface area contributed by atoms with Crippen LogP contribution >= 0.6 is 0 Å². The third-order valence-corrected chi connectivity index (χ3v) is 2.60. The van der Waals surface area contributed by atoms with Gasteiger partial charge < -0.3 is 14.8 Å². The van der Waals surface area contributed by atoms with Crippen molar-refractivity contribution < 1.29 is 14.3 Å². The average molecular weight is 229 g/mol. The number of nitrogens with one attached hydrogen (secondary N) is 1. The molecule has 1 amide bonds. The number of carbonyl (C=O) groups is 1. The second-order valence-corrected chi connectivity index (χ2v) is 5.97. The maximum atomic E-state index is 11.7. The highest BCUT2D eigenvalue weighted by Gasteiger charge is 2.49. The maximum absolute atomic E-state index is 11.7. The molecule has 1 fully saturated rings. The van der Waals surface area contributed by atoms with Gasteiger partial charge in [0, 0.05) is 0 Å². The number of alkyl carbamates (subject to hydrolysis) is 1. The molecule has 0 spiro atoms. The number of hydrogen-bond donors (Lipinski definition) is 1. The van der Waals surface area contributed by atoms with Gasteiger partial charge >= 0.3 is 6.09 Å². The van der Waals surface area contributed by atoms with Crippen LogP contribution < -0.4 is 5.32 Å². The first kappa shape index (κ1) is 13.3. The fourth-order valence-electron chi connectivity index (χ4n) is 1.75. The van der Waals surface area contributed by atoms with Crippen LogP contribution in [0.5, 0.6) is 0 Å². The van der Waals surface area contributed by atoms with Gasteiger partial charge in [0.05, 0.1) is 12.6 Å². The van der Waals surface area contributed by atoms with Crippen molar-refractivity contribution in [3.8, 4) is 0 Å². The number of epoxide rings is 1. The molecule has 0 bridgehead atoms. The van der Waals surface area contributed by atoms with Crippen LogP contribution in [0.3, 0.4) is 0 Å². The highest BCUT2D eigenvalue weighted by Crippen LogP contribution is 2.33. The van der Waals surface area contributed by atoms with E-state index >= 15 is 0 Å². The molecule has 2 unspecified atom stereocenters. The lowest BCUT2D eigenvalue weighted by atomic mass is 9.92. The largest absolute Gasteiger partial charge is 0.444 e. The summed E-state index contributed by atoms with van der Waals surface area (Å²) >= 11 is 0. The van der Waals surface area contributed by atoms with E-state index in [1.165, 1.54) is 0 Å². The Labute approximate surface area is 97.7 Å². The fourth-order valence-corrected chi connectivity index (χ4v) is 1.75. The van der Waals surface area contributed by atoms with E-state index < -0.39 is 5.60 Å². The molecule has 0 saturated carbocycles. The molecule has 94 valence electrons. The van der Waals surface area contributed by atoms with E-state index in [-0.39, 0.29) is 17.7 Å². The molecule has 4 nitrogen and oxygen atoms in total. The fraction of sp³-hybridized carbons (Fsp3) is 0.917. The monoisotopic (exact) mass is 229 g/mol. The van der Waals surface area contributed by atoms with Gasteiger partial charge in [0.1, 0.15) is 11.2 Å². The second kappa shape index (κ2) is 4.24. The molecule has 1 aliphatic rings. The van der Waals surface area contributed by atoms with E-state index in [4.69, 9.17) is 9.47 Å². The minimum absolute atomic E-state index is 0.00218. The zero-order chi connectivity index (χ0) is 12.6. The van der Waals surface area contributed by atoms with Gasteiger partial charge in [-0.25, -0.2) is 4.79 Å². The summed E-state index contributed by atoms with van der Waals surface area (Å²) in [4.78, 5) is 11.7. The number of rotatable bonds is 3. The van der Waals surface area contributed by atoms with Crippen molar-refractivity contribution in [2.45, 2.75) is 58.8 Å². The minimum Gasteiger partial charge on any atom is -0.444 e. The average Bonchev–Trinajstić information content (AvgIpc) is 2.76. The lowest BCUT2D eigenvalue weighted by Crippen LogP contribution is -2.49. The van der Waals surface area contributed by atoms with Gasteiger partial charge in [-0.05, 0) is 33.6 Å². The second-order valence-electron chi connectivity index (χ2n) is 5.97. The molecule has 1 rings (SSSR count). The van der Waals surface area contributed by atoms with Gasteiger partial charge in [0.25, 0.3) is 0 Å². The van der Waals surface area contributed by atoms with E-state index in [0.29, 0.717) is 12.5 Å². The van der Waals surface area contributed by atoms with Gasteiger partial charge in [0.15, 0.2) is 0 Å². The van der Waals surface area contributed by atoms with Crippen LogP contribution in [0, 0.1) is 5.92 Å². The summed E-state index contributed by atoms with van der Waals surface area (Å²) in [6.45, 7) is 12.4. The van der Waals surface area contributed by atoms with Gasteiger partial charge in [-0.2, -0.15) is 0 Å². The van der Waals surface area contributed by atoms with Crippen molar-refractivity contribution in [1.82, 2.24) is 5.32 Å². The summed E-state index contributed by atoms with van der Waals surface area (Å²) in [5.41, 5.74) is -0.679. The molecule has 0 aromatic rings. The highest BCUT2D eigenvalue weighted by molar-refractivity contribution is 5.68. The van der Waals surface area contributed by atoms with E-state index in [1.54, 1.807) is 0 Å². The summed E-state index contributed by atoms with van der Waals surface area (Å²) in [5, 5.41) is 2.89. The Morgan fingerprint density at radius 1 is 1.44 bits per heavy atom. The molecule has 1 aliphatic heterocycles. The molecule has 0 radical (unpaired) electrons. The first-order valence-corrected chi connectivity index (χ1v) is 5.77. The van der Waals surface area contributed by atoms with Crippen LogP contribution in [0.1, 0.15) is 41.5 Å². The SMILES string of the molecule is CC(C)C(NC(=O)OC(C)(C)C)C1(C)CO1. The van der Waals surface area contributed by atoms with Crippen molar-refractivity contribution in [3.05, 3.63) is 0 Å². The molecule has 1 heterocycles. The lowest BCUT2D eigenvalue weighted by molar-refractivity contribution is 0.0453. The molecule has 4 heteroatoms. The first-order valence-electron chi connectivity index (χ1n) is 5.77. The number of ether oxygens (including phenoxy) is 2. The molecule has 0 aromatic heterocycles. The Balaban J connectivity index is 2.53. The zero-order valence-corrected chi connectivity index (χ0v) is 11.1. The van der Waals surface area contributed by atoms with Crippen LogP contribution in [-0.4, -0.2) is 29.9 Å². The van der Waals surface area contributed by atoms with Crippen molar-refractivity contribution in [3.63, 3.8) is 0 Å². The Hall–Kier alpha value is -0.770. The third kappa shape index (κ3) is 3.67. The maximum Gasteiger partial charge on any atom is 0.407 e. The van der Waals surface area contributed by atoms with Crippen LogP contribution in [0.25, 0.3) is 0 Å². The standard InChI is InChI=1S/C12H23NO3/c1-8(2)9(12(6)7-15-12)13-10(14)16-11(3,4)5/h8-9H,7H2,1-6H3,(H,13,14). The quantitative estimate of drug-likeness (QED) is 0.756. The molecule has 0 aromatic carbocycles. The highest BCUT2D eigenvalue weighted by atomic mass is 16.6. The molecular formula is C12H23NO3. The van der Waals surface area contributed by atoms with Crippen LogP contribution in [0.2, 0.25) is 0 Å². The number of hydrogen-bond acceptors (Lipinski definition) is 3. The first-order chi connectivity index (χ1) is 7.14. The Kier molecular flexibility index (Phi) is 3.53. The van der Waals surface area contributed by atoms with E-state index in [9.17, 15) is 4.79 Å². The van der Waals surface area contributed by atoms with Crippen molar-refractivity contribution in [2.75, 3.05) is 6.61 Å². The molecule has 0 aliphatic carbocycles. The smallest absolute Gasteiger partial charge is 0.407 e. The zero-order valence-electron chi connectivity index (χ0n) is 11.1. The molecule has 1 saturated heterocycles. The summed E-state index contributed by atoms with van der Waals surface area (Å²) < 4.78 is 10.6. The number of carbonyl (C=O) groups excluding carboxylic acids is 1. The van der Waals surface area contributed by atoms with E-state index in [1.807, 2.05) is 27.7 Å². The van der Waals surface area contributed by atoms with Crippen molar-refractivity contribution in [2.24, 2.45) is 5.92 Å². The molecule has 2 atom stereocenters. The van der Waals surface area contributed by atoms with E-state index in [0.717, 1.165) is 0 Å². The van der Waals surface area contributed by atoms with Crippen LogP contribution in [0.15, 0.2) is 0 Å². The Morgan fingerprint density at radius 3 is 2.25 bits per heavy atom. The number of amides is 1. The summed E-state index contributed by atoms with van der Waals surface area (Å²) in [6, 6.07) is 0.00218. The molecule has 16 heavy (non-hydrogen) atoms. The Bertz CT molecular complexity index is 264. The van der Waals surface area contributed by atoms with Crippen molar-refractivity contribution >= 4 is 6.09 Å². The summed E-state index contributed by atoms with van der Waals surface area (Å²) in [6.07, 6.45) is -0.372. The van der Waals surface area contributed by atoms with Gasteiger partial charge in [0.2, 0.25) is 0 Å². The summed E-state index contributed by atoms with van der Waals surface area (Å²) in [5.74, 6) is 0.319. The van der Waals surface area contributed by atoms with Gasteiger partial charge in [-0.3, -0.25) is 0 Å². The predicted octanol–water partition coefficient (Wildman–Crippen LogP) is 2.32. The minimum atomic E-state index is -0.461. The van der Waals surface area contributed by atoms with Crippen LogP contribution in [-0.2, 0) is 9.47 Å². The Morgan fingerprint density at radius 2 is 1.94 bits per heavy atom. The van der Waals surface area contributed by atoms with Gasteiger partial charge in [-0.15, -0.1) is 0 Å². The molecular weight excluding hydrogens is 206 g/mol.